The molecule has 220 valence electrons. The van der Waals surface area contributed by atoms with Gasteiger partial charge in [-0.3, -0.25) is 4.79 Å². The van der Waals surface area contributed by atoms with Crippen LogP contribution < -0.4 is 5.06 Å². The first-order chi connectivity index (χ1) is 18.3. The van der Waals surface area contributed by atoms with Gasteiger partial charge in [-0.1, -0.05) is 0 Å². The normalized spacial score (nSPS) is 17.8. The molecule has 0 aliphatic carbocycles. The van der Waals surface area contributed by atoms with Crippen molar-refractivity contribution >= 4 is 17.7 Å². The molecule has 0 fully saturated rings. The molecule has 2 aromatic carbocycles. The van der Waals surface area contributed by atoms with Crippen molar-refractivity contribution in [1.29, 1.82) is 0 Å². The maximum atomic E-state index is 13.6. The van der Waals surface area contributed by atoms with Crippen LogP contribution in [0.15, 0.2) is 36.4 Å². The van der Waals surface area contributed by atoms with E-state index in [2.05, 4.69) is 0 Å². The fourth-order valence-electron chi connectivity index (χ4n) is 4.39. The molecule has 0 N–H and O–H groups in total. The molecule has 0 saturated heterocycles. The highest BCUT2D eigenvalue weighted by Gasteiger charge is 2.41. The first kappa shape index (κ1) is 30.9. The standard InChI is InChI=1S/C25H23F9N2O4/c1-4-39-22(38)40-36-13(2)7-21(19-11-16(23(26,27)28)5-6-20(19)36)35(14(3)37)12-15-8-17(24(29,30)31)10-18(9-15)25(32,33)34/h5-6,8-11,13,21H,4,7,12H2,1-3H3/t13-,21+/m1/s1. The summed E-state index contributed by atoms with van der Waals surface area (Å²) in [6.07, 6.45) is -16.5. The predicted octanol–water partition coefficient (Wildman–Crippen LogP) is 7.52. The smallest absolute Gasteiger partial charge is 0.433 e. The fourth-order valence-corrected chi connectivity index (χ4v) is 4.39. The van der Waals surface area contributed by atoms with E-state index in [4.69, 9.17) is 9.57 Å². The van der Waals surface area contributed by atoms with Crippen LogP contribution in [-0.4, -0.2) is 29.6 Å². The van der Waals surface area contributed by atoms with Crippen molar-refractivity contribution in [1.82, 2.24) is 4.90 Å². The van der Waals surface area contributed by atoms with E-state index in [9.17, 15) is 49.1 Å². The summed E-state index contributed by atoms with van der Waals surface area (Å²) in [6, 6.07) is 1.17. The lowest BCUT2D eigenvalue weighted by atomic mass is 9.90. The van der Waals surface area contributed by atoms with Crippen LogP contribution in [0.2, 0.25) is 0 Å². The Hall–Kier alpha value is -3.65. The van der Waals surface area contributed by atoms with Crippen molar-refractivity contribution in [2.75, 3.05) is 11.7 Å². The molecule has 0 spiro atoms. The molecule has 1 aliphatic heterocycles. The van der Waals surface area contributed by atoms with Gasteiger partial charge in [-0.05, 0) is 62.2 Å². The van der Waals surface area contributed by atoms with Gasteiger partial charge in [0.05, 0.1) is 41.1 Å². The van der Waals surface area contributed by atoms with Gasteiger partial charge in [0.15, 0.2) is 0 Å². The van der Waals surface area contributed by atoms with E-state index in [1.165, 1.54) is 13.8 Å². The number of benzene rings is 2. The highest BCUT2D eigenvalue weighted by atomic mass is 19.4. The van der Waals surface area contributed by atoms with Gasteiger partial charge >= 0.3 is 24.7 Å². The Kier molecular flexibility index (Phi) is 8.56. The topological polar surface area (TPSA) is 59.1 Å². The van der Waals surface area contributed by atoms with Gasteiger partial charge in [0.25, 0.3) is 0 Å². The summed E-state index contributed by atoms with van der Waals surface area (Å²) in [6.45, 7) is 3.12. The van der Waals surface area contributed by atoms with Gasteiger partial charge in [-0.25, -0.2) is 9.86 Å². The minimum atomic E-state index is -5.14. The van der Waals surface area contributed by atoms with Crippen LogP contribution in [-0.2, 0) is 39.4 Å². The van der Waals surface area contributed by atoms with Crippen molar-refractivity contribution < 1.29 is 58.7 Å². The number of fused-ring (bicyclic) bond motifs is 1. The van der Waals surface area contributed by atoms with Gasteiger partial charge in [-0.15, -0.1) is 0 Å². The Morgan fingerprint density at radius 3 is 1.93 bits per heavy atom. The molecule has 0 bridgehead atoms. The molecule has 0 aromatic heterocycles. The van der Waals surface area contributed by atoms with Crippen LogP contribution in [0.25, 0.3) is 0 Å². The highest BCUT2D eigenvalue weighted by molar-refractivity contribution is 5.75. The molecule has 2 aromatic rings. The number of anilines is 1. The van der Waals surface area contributed by atoms with Gasteiger partial charge in [-0.2, -0.15) is 39.5 Å². The number of rotatable bonds is 5. The zero-order valence-electron chi connectivity index (χ0n) is 21.2. The van der Waals surface area contributed by atoms with E-state index in [0.29, 0.717) is 24.3 Å². The zero-order valence-corrected chi connectivity index (χ0v) is 21.2. The number of ether oxygens (including phenoxy) is 1. The summed E-state index contributed by atoms with van der Waals surface area (Å²) in [5.41, 5.74) is -5.14. The number of hydrogen-bond donors (Lipinski definition) is 0. The molecule has 0 unspecified atom stereocenters. The van der Waals surface area contributed by atoms with E-state index in [0.717, 1.165) is 23.0 Å². The van der Waals surface area contributed by atoms with E-state index in [-0.39, 0.29) is 30.3 Å². The fraction of sp³-hybridized carbons (Fsp3) is 0.440. The van der Waals surface area contributed by atoms with Gasteiger partial charge in [0, 0.05) is 19.0 Å². The molecule has 40 heavy (non-hydrogen) atoms. The second-order valence-corrected chi connectivity index (χ2v) is 9.03. The molecule has 15 heteroatoms. The quantitative estimate of drug-likeness (QED) is 0.268. The minimum absolute atomic E-state index is 0.0696. The Labute approximate surface area is 222 Å². The van der Waals surface area contributed by atoms with Crippen LogP contribution in [0, 0.1) is 0 Å². The molecule has 3 rings (SSSR count). The number of halogens is 9. The van der Waals surface area contributed by atoms with Crippen molar-refractivity contribution in [3.05, 3.63) is 64.2 Å². The number of carbonyl (C=O) groups excluding carboxylic acids is 2. The number of hydrogen-bond acceptors (Lipinski definition) is 5. The second-order valence-electron chi connectivity index (χ2n) is 9.03. The third kappa shape index (κ3) is 6.91. The lowest BCUT2D eigenvalue weighted by molar-refractivity contribution is -0.143. The number of alkyl halides is 9. The number of nitrogens with zero attached hydrogens (tertiary/aromatic N) is 2. The molecule has 1 amide bonds. The summed E-state index contributed by atoms with van der Waals surface area (Å²) in [5.74, 6) is -0.828. The Bertz CT molecular complexity index is 1230. The average molecular weight is 586 g/mol. The molecule has 1 heterocycles. The van der Waals surface area contributed by atoms with Crippen LogP contribution in [0.1, 0.15) is 61.1 Å². The molecule has 6 nitrogen and oxygen atoms in total. The van der Waals surface area contributed by atoms with E-state index < -0.39 is 71.5 Å². The van der Waals surface area contributed by atoms with Gasteiger partial charge in [0.2, 0.25) is 5.91 Å². The van der Waals surface area contributed by atoms with Crippen molar-refractivity contribution in [3.8, 4) is 0 Å². The number of hydroxylamine groups is 1. The SMILES string of the molecule is CCOC(=O)ON1c2ccc(C(F)(F)F)cc2[C@@H](N(Cc2cc(C(F)(F)F)cc(C(F)(F)F)c2)C(C)=O)C[C@H]1C. The van der Waals surface area contributed by atoms with Crippen molar-refractivity contribution in [2.24, 2.45) is 0 Å². The molecular formula is C25H23F9N2O4. The van der Waals surface area contributed by atoms with Crippen molar-refractivity contribution in [2.45, 2.75) is 64.3 Å². The Balaban J connectivity index is 2.14. The van der Waals surface area contributed by atoms with Gasteiger partial charge < -0.3 is 14.5 Å². The summed E-state index contributed by atoms with van der Waals surface area (Å²) in [7, 11) is 0. The Morgan fingerprint density at radius 2 is 1.45 bits per heavy atom. The summed E-state index contributed by atoms with van der Waals surface area (Å²) in [5, 5.41) is 0.980. The molecule has 0 saturated carbocycles. The first-order valence-corrected chi connectivity index (χ1v) is 11.7. The average Bonchev–Trinajstić information content (AvgIpc) is 2.82. The van der Waals surface area contributed by atoms with E-state index in [1.54, 1.807) is 0 Å². The number of amides is 1. The maximum Gasteiger partial charge on any atom is 0.533 e. The van der Waals surface area contributed by atoms with Crippen LogP contribution in [0.4, 0.5) is 50.0 Å². The highest BCUT2D eigenvalue weighted by Crippen LogP contribution is 2.44. The third-order valence-electron chi connectivity index (χ3n) is 6.13. The lowest BCUT2D eigenvalue weighted by Crippen LogP contribution is -2.45. The van der Waals surface area contributed by atoms with E-state index in [1.807, 2.05) is 0 Å². The lowest BCUT2D eigenvalue weighted by Gasteiger charge is -2.42. The summed E-state index contributed by atoms with van der Waals surface area (Å²) < 4.78 is 126. The molecule has 0 radical (unpaired) electrons. The molecular weight excluding hydrogens is 563 g/mol. The summed E-state index contributed by atoms with van der Waals surface area (Å²) in [4.78, 5) is 30.7. The van der Waals surface area contributed by atoms with Gasteiger partial charge in [0.1, 0.15) is 0 Å². The van der Waals surface area contributed by atoms with Crippen molar-refractivity contribution in [3.63, 3.8) is 0 Å². The molecule has 1 aliphatic rings. The molecule has 2 atom stereocenters. The summed E-state index contributed by atoms with van der Waals surface area (Å²) >= 11 is 0. The van der Waals surface area contributed by atoms with Crippen LogP contribution in [0.5, 0.6) is 0 Å². The predicted molar refractivity (Wildman–Crippen MR) is 122 cm³/mol. The first-order valence-electron chi connectivity index (χ1n) is 11.7. The number of carbonyl (C=O) groups is 2. The monoisotopic (exact) mass is 586 g/mol. The van der Waals surface area contributed by atoms with E-state index >= 15 is 0 Å². The maximum absolute atomic E-state index is 13.6. The Morgan fingerprint density at radius 1 is 0.900 bits per heavy atom. The zero-order chi connectivity index (χ0) is 30.2. The van der Waals surface area contributed by atoms with Crippen LogP contribution in [0.3, 0.4) is 0 Å². The minimum Gasteiger partial charge on any atom is -0.433 e. The third-order valence-corrected chi connectivity index (χ3v) is 6.13. The largest absolute Gasteiger partial charge is 0.533 e. The second kappa shape index (κ2) is 11.1. The van der Waals surface area contributed by atoms with Crippen LogP contribution >= 0.6 is 0 Å².